The number of azo groups is 1. The molecule has 2 aromatic rings. The Morgan fingerprint density at radius 1 is 0.970 bits per heavy atom. The van der Waals surface area contributed by atoms with Gasteiger partial charge in [-0.05, 0) is 32.9 Å². The van der Waals surface area contributed by atoms with Crippen LogP contribution in [0.1, 0.15) is 20.8 Å². The van der Waals surface area contributed by atoms with E-state index in [1.165, 1.54) is 33.3 Å². The second-order valence-corrected chi connectivity index (χ2v) is 7.28. The van der Waals surface area contributed by atoms with Gasteiger partial charge in [-0.1, -0.05) is 23.2 Å². The third-order valence-corrected chi connectivity index (χ3v) is 4.94. The summed E-state index contributed by atoms with van der Waals surface area (Å²) in [6, 6.07) is 4.77. The van der Waals surface area contributed by atoms with E-state index >= 15 is 0 Å². The molecule has 1 atom stereocenters. The number of methoxy groups -OCH3 is 2. The number of halogens is 2. The van der Waals surface area contributed by atoms with Gasteiger partial charge >= 0.3 is 0 Å². The largest absolute Gasteiger partial charge is 0.495 e. The number of hydrogen-bond acceptors (Lipinski definition) is 8. The average molecular weight is 498 g/mol. The van der Waals surface area contributed by atoms with Crippen LogP contribution in [0.4, 0.5) is 11.4 Å². The first kappa shape index (κ1) is 26.2. The van der Waals surface area contributed by atoms with Crippen LogP contribution < -0.4 is 24.3 Å². The third-order valence-electron chi connectivity index (χ3n) is 4.28. The molecule has 1 N–H and O–H groups in total. The molecule has 0 aliphatic heterocycles. The van der Waals surface area contributed by atoms with Gasteiger partial charge in [0.1, 0.15) is 33.7 Å². The van der Waals surface area contributed by atoms with Gasteiger partial charge in [0, 0.05) is 12.1 Å². The van der Waals surface area contributed by atoms with Crippen molar-refractivity contribution in [3.05, 3.63) is 34.3 Å². The molecular weight excluding hydrogens is 473 g/mol. The maximum atomic E-state index is 12.9. The molecule has 178 valence electrons. The normalized spacial score (nSPS) is 11.7. The smallest absolute Gasteiger partial charge is 0.258 e. The number of nitrogens with one attached hydrogen (secondary N) is 1. The van der Waals surface area contributed by atoms with Gasteiger partial charge in [-0.2, -0.15) is 5.11 Å². The fraction of sp³-hybridized carbons (Fsp3) is 0.364. The van der Waals surface area contributed by atoms with Crippen LogP contribution in [0, 0.1) is 0 Å². The number of ketones is 1. The van der Waals surface area contributed by atoms with Gasteiger partial charge in [-0.3, -0.25) is 9.59 Å². The van der Waals surface area contributed by atoms with Crippen molar-refractivity contribution in [3.8, 4) is 23.0 Å². The van der Waals surface area contributed by atoms with Crippen LogP contribution >= 0.6 is 23.2 Å². The van der Waals surface area contributed by atoms with Gasteiger partial charge in [0.25, 0.3) is 5.91 Å². The summed E-state index contributed by atoms with van der Waals surface area (Å²) in [4.78, 5) is 25.1. The van der Waals surface area contributed by atoms with E-state index in [-0.39, 0.29) is 22.1 Å². The average Bonchev–Trinajstić information content (AvgIpc) is 2.78. The van der Waals surface area contributed by atoms with E-state index in [1.807, 2.05) is 6.92 Å². The third kappa shape index (κ3) is 6.49. The monoisotopic (exact) mass is 497 g/mol. The zero-order valence-electron chi connectivity index (χ0n) is 18.9. The zero-order valence-corrected chi connectivity index (χ0v) is 20.4. The van der Waals surface area contributed by atoms with Crippen LogP contribution in [0.25, 0.3) is 0 Å². The number of carbonyl (C=O) groups excluding carboxylic acids is 2. The predicted molar refractivity (Wildman–Crippen MR) is 126 cm³/mol. The summed E-state index contributed by atoms with van der Waals surface area (Å²) in [5.41, 5.74) is 0.394. The summed E-state index contributed by atoms with van der Waals surface area (Å²) in [5, 5.41) is 11.1. The van der Waals surface area contributed by atoms with Gasteiger partial charge in [-0.15, -0.1) is 5.11 Å². The number of nitrogens with zero attached hydrogens (tertiary/aromatic N) is 2. The minimum Gasteiger partial charge on any atom is -0.495 e. The summed E-state index contributed by atoms with van der Waals surface area (Å²) < 4.78 is 21.4. The van der Waals surface area contributed by atoms with Crippen LogP contribution in [-0.2, 0) is 9.59 Å². The van der Waals surface area contributed by atoms with E-state index in [9.17, 15) is 9.59 Å². The molecule has 11 heteroatoms. The Labute approximate surface area is 202 Å². The van der Waals surface area contributed by atoms with Crippen LogP contribution in [0.2, 0.25) is 10.0 Å². The fourth-order valence-electron chi connectivity index (χ4n) is 2.75. The quantitative estimate of drug-likeness (QED) is 0.324. The molecule has 0 saturated carbocycles. The van der Waals surface area contributed by atoms with E-state index in [2.05, 4.69) is 15.5 Å². The second kappa shape index (κ2) is 12.3. The number of anilines is 1. The molecule has 0 aromatic heterocycles. The molecule has 2 rings (SSSR count). The van der Waals surface area contributed by atoms with Gasteiger partial charge in [-0.25, -0.2) is 0 Å². The molecule has 0 aliphatic rings. The number of Topliss-reactive ketones (excluding diaryl/α,β-unsaturated/α-hetero) is 1. The number of carbonyl (C=O) groups is 2. The van der Waals surface area contributed by atoms with Crippen molar-refractivity contribution in [2.75, 3.05) is 32.8 Å². The lowest BCUT2D eigenvalue weighted by Gasteiger charge is -2.15. The molecule has 2 aromatic carbocycles. The molecule has 1 amide bonds. The van der Waals surface area contributed by atoms with Crippen molar-refractivity contribution in [1.82, 2.24) is 0 Å². The molecule has 0 spiro atoms. The van der Waals surface area contributed by atoms with Gasteiger partial charge in [0.15, 0.2) is 5.78 Å². The molecule has 1 unspecified atom stereocenters. The van der Waals surface area contributed by atoms with Crippen molar-refractivity contribution in [2.24, 2.45) is 10.2 Å². The van der Waals surface area contributed by atoms with E-state index in [4.69, 9.17) is 42.1 Å². The Morgan fingerprint density at radius 3 is 2.15 bits per heavy atom. The summed E-state index contributed by atoms with van der Waals surface area (Å²) >= 11 is 12.5. The molecule has 0 aliphatic carbocycles. The molecular formula is C22H25Cl2N3O6. The van der Waals surface area contributed by atoms with Gasteiger partial charge < -0.3 is 24.3 Å². The number of hydrogen-bond donors (Lipinski definition) is 1. The molecule has 9 nitrogen and oxygen atoms in total. The van der Waals surface area contributed by atoms with Crippen molar-refractivity contribution in [3.63, 3.8) is 0 Å². The number of amides is 1. The fourth-order valence-corrected chi connectivity index (χ4v) is 3.23. The highest BCUT2D eigenvalue weighted by Gasteiger charge is 2.25. The Balaban J connectivity index is 2.40. The lowest BCUT2D eigenvalue weighted by Crippen LogP contribution is -2.32. The first-order valence-corrected chi connectivity index (χ1v) is 10.7. The number of ether oxygens (including phenoxy) is 4. The maximum Gasteiger partial charge on any atom is 0.258 e. The lowest BCUT2D eigenvalue weighted by atomic mass is 10.2. The summed E-state index contributed by atoms with van der Waals surface area (Å²) in [5.74, 6) is 0.0317. The Bertz CT molecular complexity index is 1050. The van der Waals surface area contributed by atoms with Crippen molar-refractivity contribution >= 4 is 46.3 Å². The molecule has 0 bridgehead atoms. The lowest BCUT2D eigenvalue weighted by molar-refractivity contribution is -0.126. The van der Waals surface area contributed by atoms with Gasteiger partial charge in [0.2, 0.25) is 6.04 Å². The van der Waals surface area contributed by atoms with Gasteiger partial charge in [0.05, 0.1) is 38.1 Å². The van der Waals surface area contributed by atoms with Crippen molar-refractivity contribution in [1.29, 1.82) is 0 Å². The van der Waals surface area contributed by atoms with Crippen molar-refractivity contribution in [2.45, 2.75) is 26.8 Å². The Kier molecular flexibility index (Phi) is 9.74. The van der Waals surface area contributed by atoms with E-state index in [0.29, 0.717) is 35.5 Å². The first-order valence-electron chi connectivity index (χ1n) is 9.99. The predicted octanol–water partition coefficient (Wildman–Crippen LogP) is 5.49. The van der Waals surface area contributed by atoms with Crippen LogP contribution in [0.5, 0.6) is 23.0 Å². The number of rotatable bonds is 11. The standard InChI is InChI=1S/C22H25Cl2N3O6/c1-6-32-15-8-9-16(33-7-2)21(19(15)24)27-26-20(12(3)28)22(29)25-14-11-17(30-4)13(23)10-18(14)31-5/h8-11,20H,6-7H2,1-5H3,(H,25,29). The van der Waals surface area contributed by atoms with Crippen LogP contribution in [0.3, 0.4) is 0 Å². The summed E-state index contributed by atoms with van der Waals surface area (Å²) in [6.07, 6.45) is 0. The van der Waals surface area contributed by atoms with Crippen LogP contribution in [0.15, 0.2) is 34.5 Å². The summed E-state index contributed by atoms with van der Waals surface area (Å²) in [6.45, 7) is 5.57. The highest BCUT2D eigenvalue weighted by atomic mass is 35.5. The molecule has 0 fully saturated rings. The highest BCUT2D eigenvalue weighted by molar-refractivity contribution is 6.34. The minimum absolute atomic E-state index is 0.147. The summed E-state index contributed by atoms with van der Waals surface area (Å²) in [7, 11) is 2.85. The van der Waals surface area contributed by atoms with E-state index < -0.39 is 17.7 Å². The number of benzene rings is 2. The van der Waals surface area contributed by atoms with Crippen LogP contribution in [-0.4, -0.2) is 45.2 Å². The molecule has 0 saturated heterocycles. The van der Waals surface area contributed by atoms with E-state index in [1.54, 1.807) is 19.1 Å². The first-order chi connectivity index (χ1) is 15.8. The van der Waals surface area contributed by atoms with Crippen molar-refractivity contribution < 1.29 is 28.5 Å². The molecule has 0 heterocycles. The van der Waals surface area contributed by atoms with E-state index in [0.717, 1.165) is 0 Å². The topological polar surface area (TPSA) is 108 Å². The Morgan fingerprint density at radius 2 is 1.58 bits per heavy atom. The highest BCUT2D eigenvalue weighted by Crippen LogP contribution is 2.42. The zero-order chi connectivity index (χ0) is 24.5. The molecule has 33 heavy (non-hydrogen) atoms. The Hall–Kier alpha value is -3.04. The minimum atomic E-state index is -1.46. The molecule has 0 radical (unpaired) electrons. The second-order valence-electron chi connectivity index (χ2n) is 6.50. The SMILES string of the molecule is CCOc1ccc(OCC)c(N=NC(C(C)=O)C(=O)Nc2cc(OC)c(Cl)cc2OC)c1Cl. The maximum absolute atomic E-state index is 12.9.